The number of halogens is 2. The van der Waals surface area contributed by atoms with Gasteiger partial charge in [0.15, 0.2) is 0 Å². The molecule has 0 heterocycles. The molecule has 1 N–H and O–H groups in total. The van der Waals surface area contributed by atoms with Gasteiger partial charge < -0.3 is 5.32 Å². The second-order valence-corrected chi connectivity index (χ2v) is 5.36. The van der Waals surface area contributed by atoms with Gasteiger partial charge in [-0.25, -0.2) is 4.39 Å². The van der Waals surface area contributed by atoms with Crippen molar-refractivity contribution in [1.82, 2.24) is 5.32 Å². The van der Waals surface area contributed by atoms with Crippen molar-refractivity contribution in [2.24, 2.45) is 0 Å². The van der Waals surface area contributed by atoms with Crippen molar-refractivity contribution < 1.29 is 4.39 Å². The molecule has 1 aromatic rings. The Labute approximate surface area is 98.2 Å². The molecule has 1 fully saturated rings. The zero-order chi connectivity index (χ0) is 10.9. The van der Waals surface area contributed by atoms with Gasteiger partial charge in [0.25, 0.3) is 0 Å². The number of hydrogen-bond acceptors (Lipinski definition) is 1. The van der Waals surface area contributed by atoms with E-state index < -0.39 is 0 Å². The summed E-state index contributed by atoms with van der Waals surface area (Å²) in [6.07, 6.45) is 3.74. The summed E-state index contributed by atoms with van der Waals surface area (Å²) in [5, 5.41) is 3.48. The van der Waals surface area contributed by atoms with Gasteiger partial charge in [-0.3, -0.25) is 0 Å². The van der Waals surface area contributed by atoms with E-state index in [1.165, 1.54) is 25.3 Å². The van der Waals surface area contributed by atoms with Crippen LogP contribution in [0, 0.1) is 5.82 Å². The minimum Gasteiger partial charge on any atom is -0.307 e. The van der Waals surface area contributed by atoms with Crippen LogP contribution in [-0.2, 0) is 6.54 Å². The van der Waals surface area contributed by atoms with Crippen LogP contribution in [0.3, 0.4) is 0 Å². The maximum absolute atomic E-state index is 13.0. The monoisotopic (exact) mass is 271 g/mol. The fraction of sp³-hybridized carbons (Fsp3) is 0.500. The van der Waals surface area contributed by atoms with Crippen LogP contribution < -0.4 is 5.32 Å². The molecule has 0 unspecified atom stereocenters. The molecular formula is C12H15BrFN. The van der Waals surface area contributed by atoms with Gasteiger partial charge >= 0.3 is 0 Å². The molecular weight excluding hydrogens is 257 g/mol. The van der Waals surface area contributed by atoms with Gasteiger partial charge in [0, 0.05) is 16.6 Å². The van der Waals surface area contributed by atoms with E-state index in [0.29, 0.717) is 0 Å². The van der Waals surface area contributed by atoms with E-state index in [4.69, 9.17) is 0 Å². The van der Waals surface area contributed by atoms with E-state index in [1.54, 1.807) is 12.1 Å². The third-order valence-electron chi connectivity index (χ3n) is 3.17. The number of nitrogens with one attached hydrogen (secondary N) is 1. The fourth-order valence-electron chi connectivity index (χ4n) is 1.87. The summed E-state index contributed by atoms with van der Waals surface area (Å²) in [6, 6.07) is 4.81. The first-order valence-electron chi connectivity index (χ1n) is 5.28. The average molecular weight is 272 g/mol. The minimum atomic E-state index is -0.172. The van der Waals surface area contributed by atoms with E-state index in [-0.39, 0.29) is 11.4 Å². The van der Waals surface area contributed by atoms with E-state index >= 15 is 0 Å². The highest BCUT2D eigenvalue weighted by molar-refractivity contribution is 9.10. The first kappa shape index (κ1) is 11.1. The van der Waals surface area contributed by atoms with Crippen LogP contribution in [0.2, 0.25) is 0 Å². The molecule has 15 heavy (non-hydrogen) atoms. The van der Waals surface area contributed by atoms with Crippen molar-refractivity contribution in [3.05, 3.63) is 34.1 Å². The third-order valence-corrected chi connectivity index (χ3v) is 3.94. The molecule has 0 atom stereocenters. The molecule has 0 aliphatic heterocycles. The summed E-state index contributed by atoms with van der Waals surface area (Å²) in [4.78, 5) is 0. The zero-order valence-corrected chi connectivity index (χ0v) is 10.4. The molecule has 1 aliphatic carbocycles. The van der Waals surface area contributed by atoms with Gasteiger partial charge in [0.2, 0.25) is 0 Å². The van der Waals surface area contributed by atoms with Crippen LogP contribution in [0.1, 0.15) is 31.7 Å². The highest BCUT2D eigenvalue weighted by atomic mass is 79.9. The van der Waals surface area contributed by atoms with E-state index in [9.17, 15) is 4.39 Å². The molecule has 82 valence electrons. The molecule has 0 saturated heterocycles. The maximum atomic E-state index is 13.0. The molecule has 0 aromatic heterocycles. The lowest BCUT2D eigenvalue weighted by Crippen LogP contribution is -2.47. The quantitative estimate of drug-likeness (QED) is 0.886. The highest BCUT2D eigenvalue weighted by Crippen LogP contribution is 2.31. The predicted molar refractivity (Wildman–Crippen MR) is 63.2 cm³/mol. The molecule has 0 amide bonds. The SMILES string of the molecule is CC1(NCc2cc(F)ccc2Br)CCC1. The third kappa shape index (κ3) is 2.58. The Morgan fingerprint density at radius 1 is 1.47 bits per heavy atom. The Balaban J connectivity index is 2.01. The number of benzene rings is 1. The highest BCUT2D eigenvalue weighted by Gasteiger charge is 2.30. The molecule has 0 radical (unpaired) electrons. The summed E-state index contributed by atoms with van der Waals surface area (Å²) >= 11 is 3.43. The molecule has 1 aliphatic rings. The molecule has 1 saturated carbocycles. The Kier molecular flexibility index (Phi) is 3.12. The van der Waals surface area contributed by atoms with Gasteiger partial charge in [-0.05, 0) is 49.9 Å². The van der Waals surface area contributed by atoms with Gasteiger partial charge in [-0.2, -0.15) is 0 Å². The van der Waals surface area contributed by atoms with Crippen molar-refractivity contribution in [2.75, 3.05) is 0 Å². The van der Waals surface area contributed by atoms with Crippen molar-refractivity contribution in [3.8, 4) is 0 Å². The van der Waals surface area contributed by atoms with Gasteiger partial charge in [-0.1, -0.05) is 15.9 Å². The predicted octanol–water partition coefficient (Wildman–Crippen LogP) is 3.62. The first-order valence-corrected chi connectivity index (χ1v) is 6.07. The lowest BCUT2D eigenvalue weighted by Gasteiger charge is -2.39. The van der Waals surface area contributed by atoms with Crippen molar-refractivity contribution in [1.29, 1.82) is 0 Å². The molecule has 3 heteroatoms. The Morgan fingerprint density at radius 3 is 2.80 bits per heavy atom. The van der Waals surface area contributed by atoms with E-state index in [0.717, 1.165) is 16.6 Å². The van der Waals surface area contributed by atoms with Crippen LogP contribution in [0.5, 0.6) is 0 Å². The smallest absolute Gasteiger partial charge is 0.123 e. The van der Waals surface area contributed by atoms with Crippen molar-refractivity contribution in [2.45, 2.75) is 38.3 Å². The summed E-state index contributed by atoms with van der Waals surface area (Å²) < 4.78 is 14.0. The number of hydrogen-bond donors (Lipinski definition) is 1. The Hall–Kier alpha value is -0.410. The normalized spacial score (nSPS) is 18.6. The van der Waals surface area contributed by atoms with Crippen LogP contribution in [0.15, 0.2) is 22.7 Å². The van der Waals surface area contributed by atoms with Gasteiger partial charge in [-0.15, -0.1) is 0 Å². The second-order valence-electron chi connectivity index (χ2n) is 4.50. The summed E-state index contributed by atoms with van der Waals surface area (Å²) in [5.41, 5.74) is 1.26. The lowest BCUT2D eigenvalue weighted by molar-refractivity contribution is 0.206. The first-order chi connectivity index (χ1) is 7.09. The Morgan fingerprint density at radius 2 is 2.20 bits per heavy atom. The van der Waals surface area contributed by atoms with Crippen LogP contribution >= 0.6 is 15.9 Å². The topological polar surface area (TPSA) is 12.0 Å². The summed E-state index contributed by atoms with van der Waals surface area (Å²) in [6.45, 7) is 2.96. The molecule has 2 rings (SSSR count). The average Bonchev–Trinajstić information content (AvgIpc) is 2.17. The van der Waals surface area contributed by atoms with Crippen molar-refractivity contribution in [3.63, 3.8) is 0 Å². The van der Waals surface area contributed by atoms with Gasteiger partial charge in [0.1, 0.15) is 5.82 Å². The standard InChI is InChI=1S/C12H15BrFN/c1-12(5-2-6-12)15-8-9-7-10(14)3-4-11(9)13/h3-4,7,15H,2,5-6,8H2,1H3. The van der Waals surface area contributed by atoms with Crippen LogP contribution in [0.4, 0.5) is 4.39 Å². The summed E-state index contributed by atoms with van der Waals surface area (Å²) in [5.74, 6) is -0.172. The molecule has 0 spiro atoms. The van der Waals surface area contributed by atoms with Gasteiger partial charge in [0.05, 0.1) is 0 Å². The van der Waals surface area contributed by atoms with Crippen molar-refractivity contribution >= 4 is 15.9 Å². The fourth-order valence-corrected chi connectivity index (χ4v) is 2.26. The number of rotatable bonds is 3. The van der Waals surface area contributed by atoms with Crippen LogP contribution in [-0.4, -0.2) is 5.54 Å². The molecule has 1 aromatic carbocycles. The second kappa shape index (κ2) is 4.22. The Bertz CT molecular complexity index is 361. The van der Waals surface area contributed by atoms with Crippen LogP contribution in [0.25, 0.3) is 0 Å². The minimum absolute atomic E-state index is 0.172. The largest absolute Gasteiger partial charge is 0.307 e. The van der Waals surface area contributed by atoms with E-state index in [2.05, 4.69) is 28.2 Å². The van der Waals surface area contributed by atoms with E-state index in [1.807, 2.05) is 0 Å². The summed E-state index contributed by atoms with van der Waals surface area (Å²) in [7, 11) is 0. The molecule has 1 nitrogen and oxygen atoms in total. The molecule has 0 bridgehead atoms. The lowest BCUT2D eigenvalue weighted by atomic mass is 9.78. The zero-order valence-electron chi connectivity index (χ0n) is 8.82. The maximum Gasteiger partial charge on any atom is 0.123 e.